The molecule has 32 heavy (non-hydrogen) atoms. The highest BCUT2D eigenvalue weighted by molar-refractivity contribution is 7.17. The number of thiophene rings is 1. The van der Waals surface area contributed by atoms with Crippen LogP contribution in [0.1, 0.15) is 45.3 Å². The lowest BCUT2D eigenvalue weighted by atomic mass is 9.88. The van der Waals surface area contributed by atoms with Crippen molar-refractivity contribution in [2.24, 2.45) is 11.7 Å². The molecule has 0 aliphatic heterocycles. The predicted molar refractivity (Wildman–Crippen MR) is 130 cm³/mol. The average Bonchev–Trinajstić information content (AvgIpc) is 3.12. The van der Waals surface area contributed by atoms with Gasteiger partial charge in [0.1, 0.15) is 5.00 Å². The van der Waals surface area contributed by atoms with Gasteiger partial charge in [-0.2, -0.15) is 0 Å². The van der Waals surface area contributed by atoms with E-state index in [-0.39, 0.29) is 12.5 Å². The van der Waals surface area contributed by atoms with Crippen LogP contribution in [0, 0.1) is 5.92 Å². The average molecular weight is 448 g/mol. The van der Waals surface area contributed by atoms with Gasteiger partial charge in [0.05, 0.1) is 12.1 Å². The summed E-state index contributed by atoms with van der Waals surface area (Å²) in [4.78, 5) is 28.5. The van der Waals surface area contributed by atoms with Crippen LogP contribution in [0.2, 0.25) is 0 Å². The topological polar surface area (TPSA) is 75.4 Å². The molecule has 5 nitrogen and oxygen atoms in total. The highest BCUT2D eigenvalue weighted by Crippen LogP contribution is 2.39. The van der Waals surface area contributed by atoms with E-state index in [1.54, 1.807) is 0 Å². The Morgan fingerprint density at radius 3 is 2.19 bits per heavy atom. The van der Waals surface area contributed by atoms with Gasteiger partial charge in [0.25, 0.3) is 5.91 Å². The fraction of sp³-hybridized carbons (Fsp3) is 0.308. The number of amides is 2. The van der Waals surface area contributed by atoms with Crippen LogP contribution in [-0.2, 0) is 30.7 Å². The van der Waals surface area contributed by atoms with Gasteiger partial charge in [-0.15, -0.1) is 11.3 Å². The first-order valence-corrected chi connectivity index (χ1v) is 11.9. The summed E-state index contributed by atoms with van der Waals surface area (Å²) in [6.45, 7) is 3.76. The first-order chi connectivity index (χ1) is 15.5. The smallest absolute Gasteiger partial charge is 0.251 e. The Hall–Kier alpha value is -2.96. The van der Waals surface area contributed by atoms with Gasteiger partial charge < -0.3 is 11.1 Å². The Labute approximate surface area is 193 Å². The van der Waals surface area contributed by atoms with E-state index in [1.807, 2.05) is 36.4 Å². The van der Waals surface area contributed by atoms with Crippen LogP contribution in [-0.4, -0.2) is 23.3 Å². The third kappa shape index (κ3) is 5.44. The lowest BCUT2D eigenvalue weighted by Gasteiger charge is -2.22. The first-order valence-electron chi connectivity index (χ1n) is 11.0. The van der Waals surface area contributed by atoms with Crippen molar-refractivity contribution in [2.75, 3.05) is 11.9 Å². The van der Waals surface area contributed by atoms with Gasteiger partial charge >= 0.3 is 0 Å². The van der Waals surface area contributed by atoms with Gasteiger partial charge in [0, 0.05) is 18.0 Å². The number of hydrogen-bond donors (Lipinski definition) is 2. The maximum absolute atomic E-state index is 13.1. The van der Waals surface area contributed by atoms with Gasteiger partial charge in [0.2, 0.25) is 5.91 Å². The maximum atomic E-state index is 13.1. The lowest BCUT2D eigenvalue weighted by Crippen LogP contribution is -2.33. The van der Waals surface area contributed by atoms with Crippen LogP contribution in [0.5, 0.6) is 0 Å². The number of primary amides is 1. The quantitative estimate of drug-likeness (QED) is 0.529. The van der Waals surface area contributed by atoms with Crippen molar-refractivity contribution in [1.29, 1.82) is 0 Å². The zero-order valence-electron chi connectivity index (χ0n) is 18.3. The molecule has 0 radical (unpaired) electrons. The summed E-state index contributed by atoms with van der Waals surface area (Å²) in [6, 6.07) is 20.3. The minimum Gasteiger partial charge on any atom is -0.365 e. The lowest BCUT2D eigenvalue weighted by molar-refractivity contribution is -0.117. The number of carbonyl (C=O) groups is 2. The number of carbonyl (C=O) groups excluding carboxylic acids is 2. The fourth-order valence-corrected chi connectivity index (χ4v) is 5.75. The molecule has 0 saturated carbocycles. The van der Waals surface area contributed by atoms with Crippen LogP contribution in [0.4, 0.5) is 5.00 Å². The van der Waals surface area contributed by atoms with Crippen molar-refractivity contribution in [3.8, 4) is 0 Å². The molecule has 6 heteroatoms. The molecule has 2 aromatic carbocycles. The summed E-state index contributed by atoms with van der Waals surface area (Å²) in [7, 11) is 0. The van der Waals surface area contributed by atoms with Crippen molar-refractivity contribution >= 4 is 28.2 Å². The van der Waals surface area contributed by atoms with E-state index in [1.165, 1.54) is 16.2 Å². The molecule has 1 aromatic heterocycles. The van der Waals surface area contributed by atoms with Crippen LogP contribution in [0.25, 0.3) is 0 Å². The molecular formula is C26H29N3O2S. The number of nitrogens with one attached hydrogen (secondary N) is 1. The van der Waals surface area contributed by atoms with Gasteiger partial charge in [0.15, 0.2) is 0 Å². The summed E-state index contributed by atoms with van der Waals surface area (Å²) in [6.07, 6.45) is 2.82. The third-order valence-electron chi connectivity index (χ3n) is 5.88. The van der Waals surface area contributed by atoms with Crippen LogP contribution >= 0.6 is 11.3 Å². The molecule has 3 aromatic rings. The largest absolute Gasteiger partial charge is 0.365 e. The van der Waals surface area contributed by atoms with E-state index in [4.69, 9.17) is 5.73 Å². The Kier molecular flexibility index (Phi) is 7.02. The van der Waals surface area contributed by atoms with Crippen LogP contribution < -0.4 is 11.1 Å². The second-order valence-corrected chi connectivity index (χ2v) is 9.69. The standard InChI is InChI=1S/C26H29N3O2S/c1-18-12-13-21-22(14-18)32-26(24(21)25(27)31)28-23(30)17-29(15-19-8-4-2-5-9-19)16-20-10-6-3-7-11-20/h2-11,18H,12-17H2,1H3,(H2,27,31)(H,28,30). The number of benzene rings is 2. The second-order valence-electron chi connectivity index (χ2n) is 8.58. The monoisotopic (exact) mass is 447 g/mol. The zero-order valence-corrected chi connectivity index (χ0v) is 19.2. The maximum Gasteiger partial charge on any atom is 0.251 e. The second kappa shape index (κ2) is 10.1. The van der Waals surface area contributed by atoms with E-state index in [9.17, 15) is 9.59 Å². The van der Waals surface area contributed by atoms with E-state index in [0.717, 1.165) is 36.0 Å². The van der Waals surface area contributed by atoms with Crippen molar-refractivity contribution in [2.45, 2.75) is 39.3 Å². The van der Waals surface area contributed by atoms with Crippen molar-refractivity contribution < 1.29 is 9.59 Å². The SMILES string of the molecule is CC1CCc2c(sc(NC(=O)CN(Cc3ccccc3)Cc3ccccc3)c2C(N)=O)C1. The summed E-state index contributed by atoms with van der Waals surface area (Å²) in [5.41, 5.74) is 9.53. The number of nitrogens with zero attached hydrogens (tertiary/aromatic N) is 1. The molecule has 0 bridgehead atoms. The van der Waals surface area contributed by atoms with E-state index in [0.29, 0.717) is 29.6 Å². The Balaban J connectivity index is 1.51. The molecule has 2 amide bonds. The molecule has 4 rings (SSSR count). The molecule has 0 saturated heterocycles. The first kappa shape index (κ1) is 22.2. The number of rotatable bonds is 8. The van der Waals surface area contributed by atoms with Crippen LogP contribution in [0.3, 0.4) is 0 Å². The van der Waals surface area contributed by atoms with Gasteiger partial charge in [-0.25, -0.2) is 0 Å². The molecule has 1 heterocycles. The highest BCUT2D eigenvalue weighted by atomic mass is 32.1. The predicted octanol–water partition coefficient (Wildman–Crippen LogP) is 4.61. The van der Waals surface area contributed by atoms with Crippen molar-refractivity contribution in [1.82, 2.24) is 4.90 Å². The van der Waals surface area contributed by atoms with E-state index in [2.05, 4.69) is 41.4 Å². The van der Waals surface area contributed by atoms with E-state index >= 15 is 0 Å². The molecule has 0 spiro atoms. The summed E-state index contributed by atoms with van der Waals surface area (Å²) < 4.78 is 0. The zero-order chi connectivity index (χ0) is 22.5. The van der Waals surface area contributed by atoms with E-state index < -0.39 is 5.91 Å². The molecule has 1 aliphatic carbocycles. The summed E-state index contributed by atoms with van der Waals surface area (Å²) >= 11 is 1.51. The van der Waals surface area contributed by atoms with Gasteiger partial charge in [-0.3, -0.25) is 14.5 Å². The molecule has 1 aliphatic rings. The minimum absolute atomic E-state index is 0.133. The van der Waals surface area contributed by atoms with Crippen molar-refractivity contribution in [3.05, 3.63) is 87.8 Å². The molecule has 0 fully saturated rings. The van der Waals surface area contributed by atoms with Crippen LogP contribution in [0.15, 0.2) is 60.7 Å². The molecule has 166 valence electrons. The molecule has 3 N–H and O–H groups in total. The Morgan fingerprint density at radius 1 is 1.03 bits per heavy atom. The number of nitrogens with two attached hydrogens (primary N) is 1. The third-order valence-corrected chi connectivity index (χ3v) is 7.05. The number of anilines is 1. The molecular weight excluding hydrogens is 418 g/mol. The fourth-order valence-electron chi connectivity index (χ4n) is 4.32. The highest BCUT2D eigenvalue weighted by Gasteiger charge is 2.27. The number of hydrogen-bond acceptors (Lipinski definition) is 4. The van der Waals surface area contributed by atoms with Gasteiger partial charge in [-0.1, -0.05) is 67.6 Å². The molecule has 1 unspecified atom stereocenters. The molecule has 1 atom stereocenters. The summed E-state index contributed by atoms with van der Waals surface area (Å²) in [5.74, 6) is -0.0125. The van der Waals surface area contributed by atoms with Crippen molar-refractivity contribution in [3.63, 3.8) is 0 Å². The normalized spacial score (nSPS) is 15.4. The van der Waals surface area contributed by atoms with Gasteiger partial charge in [-0.05, 0) is 41.9 Å². The minimum atomic E-state index is -0.460. The Bertz CT molecular complexity index is 1040. The Morgan fingerprint density at radius 2 is 1.62 bits per heavy atom. The number of fused-ring (bicyclic) bond motifs is 1. The summed E-state index contributed by atoms with van der Waals surface area (Å²) in [5, 5.41) is 3.60.